The Morgan fingerprint density at radius 3 is 2.59 bits per heavy atom. The number of likely N-dealkylation sites (N-methyl/N-ethyl adjacent to an activating group) is 1. The molecule has 154 valence electrons. The molecule has 0 saturated carbocycles. The summed E-state index contributed by atoms with van der Waals surface area (Å²) in [6.45, 7) is 3.06. The minimum Gasteiger partial charge on any atom is -0.494 e. The number of thiazole rings is 1. The number of amides is 1. The van der Waals surface area contributed by atoms with Gasteiger partial charge < -0.3 is 14.4 Å². The topological polar surface area (TPSA) is 54.9 Å². The fraction of sp³-hybridized carbons (Fsp3) is 0.333. The van der Waals surface area contributed by atoms with E-state index >= 15 is 0 Å². The first kappa shape index (κ1) is 21.4. The SMILES string of the molecule is COc1ccc(Cl)c2sc(N(CCN(C)C)C(=O)COc3ccccc3C)nc12. The van der Waals surface area contributed by atoms with E-state index in [4.69, 9.17) is 21.1 Å². The van der Waals surface area contributed by atoms with Crippen molar-refractivity contribution in [2.45, 2.75) is 6.92 Å². The van der Waals surface area contributed by atoms with Crippen molar-refractivity contribution in [3.05, 3.63) is 47.0 Å². The van der Waals surface area contributed by atoms with Gasteiger partial charge in [-0.3, -0.25) is 9.69 Å². The lowest BCUT2D eigenvalue weighted by molar-refractivity contribution is -0.120. The molecule has 0 bridgehead atoms. The van der Waals surface area contributed by atoms with Crippen LogP contribution in [0.4, 0.5) is 5.13 Å². The number of hydrogen-bond donors (Lipinski definition) is 0. The Morgan fingerprint density at radius 1 is 1.14 bits per heavy atom. The van der Waals surface area contributed by atoms with Gasteiger partial charge in [0, 0.05) is 13.1 Å². The van der Waals surface area contributed by atoms with E-state index in [1.807, 2.05) is 50.2 Å². The number of aromatic nitrogens is 1. The molecule has 0 aliphatic heterocycles. The second-order valence-corrected chi connectivity index (χ2v) is 8.21. The fourth-order valence-corrected chi connectivity index (χ4v) is 4.08. The van der Waals surface area contributed by atoms with E-state index in [2.05, 4.69) is 4.98 Å². The number of carbonyl (C=O) groups excluding carboxylic acids is 1. The molecule has 0 atom stereocenters. The molecule has 6 nitrogen and oxygen atoms in total. The summed E-state index contributed by atoms with van der Waals surface area (Å²) < 4.78 is 12.0. The van der Waals surface area contributed by atoms with Crippen molar-refractivity contribution in [2.75, 3.05) is 45.8 Å². The first-order chi connectivity index (χ1) is 13.9. The van der Waals surface area contributed by atoms with Gasteiger partial charge in [0.05, 0.1) is 16.8 Å². The van der Waals surface area contributed by atoms with Crippen molar-refractivity contribution in [3.8, 4) is 11.5 Å². The molecule has 0 aliphatic carbocycles. The highest BCUT2D eigenvalue weighted by atomic mass is 35.5. The molecule has 0 aliphatic rings. The van der Waals surface area contributed by atoms with Crippen LogP contribution in [0.15, 0.2) is 36.4 Å². The second-order valence-electron chi connectivity index (χ2n) is 6.83. The fourth-order valence-electron chi connectivity index (χ4n) is 2.78. The molecule has 1 heterocycles. The Morgan fingerprint density at radius 2 is 1.90 bits per heavy atom. The quantitative estimate of drug-likeness (QED) is 0.531. The van der Waals surface area contributed by atoms with Crippen LogP contribution >= 0.6 is 22.9 Å². The van der Waals surface area contributed by atoms with Gasteiger partial charge in [0.15, 0.2) is 11.7 Å². The molecular formula is C21H24ClN3O3S. The number of ether oxygens (including phenoxy) is 2. The van der Waals surface area contributed by atoms with Gasteiger partial charge >= 0.3 is 0 Å². The molecule has 1 aromatic heterocycles. The standard InChI is InChI=1S/C21H24ClN3O3S/c1-14-7-5-6-8-16(14)28-13-18(26)25(12-11-24(2)3)21-23-19-17(27-4)10-9-15(22)20(19)29-21/h5-10H,11-13H2,1-4H3. The van der Waals surface area contributed by atoms with Crippen LogP contribution in [0.2, 0.25) is 5.02 Å². The normalized spacial score (nSPS) is 11.1. The van der Waals surface area contributed by atoms with Crippen molar-refractivity contribution >= 4 is 44.2 Å². The minimum atomic E-state index is -0.163. The largest absolute Gasteiger partial charge is 0.494 e. The number of fused-ring (bicyclic) bond motifs is 1. The molecule has 2 aromatic carbocycles. The predicted octanol–water partition coefficient (Wildman–Crippen LogP) is 4.24. The molecule has 3 aromatic rings. The van der Waals surface area contributed by atoms with E-state index in [9.17, 15) is 4.79 Å². The van der Waals surface area contributed by atoms with Crippen LogP contribution in [0.3, 0.4) is 0 Å². The zero-order chi connectivity index (χ0) is 21.0. The van der Waals surface area contributed by atoms with Crippen molar-refractivity contribution in [1.29, 1.82) is 0 Å². The van der Waals surface area contributed by atoms with Crippen LogP contribution in [0.25, 0.3) is 10.2 Å². The summed E-state index contributed by atoms with van der Waals surface area (Å²) in [6.07, 6.45) is 0. The lowest BCUT2D eigenvalue weighted by Gasteiger charge is -2.22. The molecule has 0 spiro atoms. The summed E-state index contributed by atoms with van der Waals surface area (Å²) in [4.78, 5) is 21.4. The zero-order valence-electron chi connectivity index (χ0n) is 16.9. The highest BCUT2D eigenvalue weighted by molar-refractivity contribution is 7.23. The van der Waals surface area contributed by atoms with Crippen LogP contribution in [0.5, 0.6) is 11.5 Å². The number of carbonyl (C=O) groups is 1. The van der Waals surface area contributed by atoms with Crippen LogP contribution in [-0.4, -0.2) is 56.7 Å². The van der Waals surface area contributed by atoms with Crippen LogP contribution < -0.4 is 14.4 Å². The van der Waals surface area contributed by atoms with Gasteiger partial charge in [-0.25, -0.2) is 4.98 Å². The molecule has 0 fully saturated rings. The smallest absolute Gasteiger partial charge is 0.266 e. The third-order valence-corrected chi connectivity index (χ3v) is 5.95. The first-order valence-electron chi connectivity index (χ1n) is 9.17. The van der Waals surface area contributed by atoms with E-state index in [-0.39, 0.29) is 12.5 Å². The number of para-hydroxylation sites is 1. The van der Waals surface area contributed by atoms with Crippen LogP contribution in [0, 0.1) is 6.92 Å². The number of benzene rings is 2. The van der Waals surface area contributed by atoms with Crippen molar-refractivity contribution in [3.63, 3.8) is 0 Å². The van der Waals surface area contributed by atoms with Gasteiger partial charge in [-0.05, 0) is 44.8 Å². The van der Waals surface area contributed by atoms with E-state index in [1.54, 1.807) is 24.1 Å². The molecule has 1 amide bonds. The Balaban J connectivity index is 1.88. The van der Waals surface area contributed by atoms with Gasteiger partial charge in [-0.15, -0.1) is 0 Å². The van der Waals surface area contributed by atoms with E-state index < -0.39 is 0 Å². The summed E-state index contributed by atoms with van der Waals surface area (Å²) in [5.74, 6) is 1.16. The van der Waals surface area contributed by atoms with Crippen molar-refractivity contribution in [2.24, 2.45) is 0 Å². The van der Waals surface area contributed by atoms with Gasteiger partial charge in [-0.1, -0.05) is 41.1 Å². The average molecular weight is 434 g/mol. The third kappa shape index (κ3) is 4.98. The monoisotopic (exact) mass is 433 g/mol. The summed E-state index contributed by atoms with van der Waals surface area (Å²) in [5, 5.41) is 1.16. The van der Waals surface area contributed by atoms with E-state index in [0.717, 1.165) is 10.3 Å². The van der Waals surface area contributed by atoms with Crippen molar-refractivity contribution in [1.82, 2.24) is 9.88 Å². The third-order valence-electron chi connectivity index (χ3n) is 4.41. The zero-order valence-corrected chi connectivity index (χ0v) is 18.5. The second kappa shape index (κ2) is 9.43. The summed E-state index contributed by atoms with van der Waals surface area (Å²) in [5.41, 5.74) is 1.64. The van der Waals surface area contributed by atoms with Gasteiger partial charge in [0.2, 0.25) is 0 Å². The van der Waals surface area contributed by atoms with Gasteiger partial charge in [0.25, 0.3) is 5.91 Å². The molecule has 0 unspecified atom stereocenters. The molecule has 0 N–H and O–H groups in total. The molecule has 0 saturated heterocycles. The minimum absolute atomic E-state index is 0.0704. The van der Waals surface area contributed by atoms with E-state index in [0.29, 0.717) is 40.3 Å². The lowest BCUT2D eigenvalue weighted by atomic mass is 10.2. The number of rotatable bonds is 8. The maximum absolute atomic E-state index is 13.0. The maximum Gasteiger partial charge on any atom is 0.266 e. The average Bonchev–Trinajstić information content (AvgIpc) is 3.13. The van der Waals surface area contributed by atoms with Gasteiger partial charge in [0.1, 0.15) is 17.0 Å². The number of aryl methyl sites for hydroxylation is 1. The van der Waals surface area contributed by atoms with E-state index in [1.165, 1.54) is 11.3 Å². The van der Waals surface area contributed by atoms with Crippen LogP contribution in [0.1, 0.15) is 5.56 Å². The lowest BCUT2D eigenvalue weighted by Crippen LogP contribution is -2.39. The summed E-state index contributed by atoms with van der Waals surface area (Å²) >= 11 is 7.72. The van der Waals surface area contributed by atoms with Crippen molar-refractivity contribution < 1.29 is 14.3 Å². The Kier molecular flexibility index (Phi) is 6.95. The molecule has 0 radical (unpaired) electrons. The number of hydrogen-bond acceptors (Lipinski definition) is 6. The first-order valence-corrected chi connectivity index (χ1v) is 10.4. The number of halogens is 1. The Labute approximate surface area is 179 Å². The molecule has 3 rings (SSSR count). The predicted molar refractivity (Wildman–Crippen MR) is 119 cm³/mol. The maximum atomic E-state index is 13.0. The summed E-state index contributed by atoms with van der Waals surface area (Å²) in [6, 6.07) is 11.2. The van der Waals surface area contributed by atoms with Gasteiger partial charge in [-0.2, -0.15) is 0 Å². The number of nitrogens with zero attached hydrogens (tertiary/aromatic N) is 3. The summed E-state index contributed by atoms with van der Waals surface area (Å²) in [7, 11) is 5.52. The highest BCUT2D eigenvalue weighted by Crippen LogP contribution is 2.38. The Hall–Kier alpha value is -2.35. The molecular weight excluding hydrogens is 410 g/mol. The number of anilines is 1. The highest BCUT2D eigenvalue weighted by Gasteiger charge is 2.22. The molecule has 8 heteroatoms. The Bertz CT molecular complexity index is 1010. The number of methoxy groups -OCH3 is 1. The van der Waals surface area contributed by atoms with Crippen LogP contribution in [-0.2, 0) is 4.79 Å². The molecule has 29 heavy (non-hydrogen) atoms.